The maximum atomic E-state index is 12.6. The second-order valence-corrected chi connectivity index (χ2v) is 5.64. The third-order valence-electron chi connectivity index (χ3n) is 3.16. The number of aromatic nitrogens is 1. The summed E-state index contributed by atoms with van der Waals surface area (Å²) >= 11 is 5.97. The van der Waals surface area contributed by atoms with Gasteiger partial charge in [0, 0.05) is 25.8 Å². The van der Waals surface area contributed by atoms with Crippen molar-refractivity contribution in [2.75, 3.05) is 45.2 Å². The minimum Gasteiger partial charge on any atom is -0.373 e. The van der Waals surface area contributed by atoms with Crippen molar-refractivity contribution in [3.63, 3.8) is 0 Å². The first-order valence-corrected chi connectivity index (χ1v) is 6.89. The van der Waals surface area contributed by atoms with Gasteiger partial charge in [-0.15, -0.1) is 0 Å². The molecule has 21 heavy (non-hydrogen) atoms. The van der Waals surface area contributed by atoms with Crippen LogP contribution in [-0.2, 0) is 10.9 Å². The lowest BCUT2D eigenvalue weighted by molar-refractivity contribution is -0.137. The van der Waals surface area contributed by atoms with Crippen LogP contribution in [0, 0.1) is 0 Å². The molecule has 0 aromatic carbocycles. The van der Waals surface area contributed by atoms with E-state index in [2.05, 4.69) is 4.98 Å². The van der Waals surface area contributed by atoms with Crippen molar-refractivity contribution in [1.82, 2.24) is 9.88 Å². The highest BCUT2D eigenvalue weighted by Crippen LogP contribution is 2.33. The zero-order chi connectivity index (χ0) is 15.6. The molecule has 0 N–H and O–H groups in total. The molecule has 2 heterocycles. The van der Waals surface area contributed by atoms with E-state index in [-0.39, 0.29) is 11.1 Å². The monoisotopic (exact) mass is 323 g/mol. The van der Waals surface area contributed by atoms with E-state index in [1.54, 1.807) is 0 Å². The number of hydrogen-bond acceptors (Lipinski definition) is 4. The molecule has 4 nitrogen and oxygen atoms in total. The number of rotatable bonds is 3. The summed E-state index contributed by atoms with van der Waals surface area (Å²) < 4.78 is 43.5. The Kier molecular flexibility index (Phi) is 4.95. The third kappa shape index (κ3) is 4.21. The van der Waals surface area contributed by atoms with E-state index in [4.69, 9.17) is 16.3 Å². The van der Waals surface area contributed by atoms with Gasteiger partial charge in [0.2, 0.25) is 0 Å². The first-order chi connectivity index (χ1) is 9.77. The number of halogens is 4. The molecule has 1 aliphatic heterocycles. The summed E-state index contributed by atoms with van der Waals surface area (Å²) in [7, 11) is 3.87. The Morgan fingerprint density at radius 2 is 2.19 bits per heavy atom. The van der Waals surface area contributed by atoms with E-state index < -0.39 is 11.7 Å². The molecule has 0 radical (unpaired) electrons. The second-order valence-electron chi connectivity index (χ2n) is 5.23. The fourth-order valence-electron chi connectivity index (χ4n) is 2.25. The summed E-state index contributed by atoms with van der Waals surface area (Å²) in [4.78, 5) is 7.74. The van der Waals surface area contributed by atoms with Crippen molar-refractivity contribution in [3.8, 4) is 0 Å². The quantitative estimate of drug-likeness (QED) is 0.854. The van der Waals surface area contributed by atoms with Crippen molar-refractivity contribution in [3.05, 3.63) is 22.8 Å². The van der Waals surface area contributed by atoms with Crippen molar-refractivity contribution in [2.24, 2.45) is 0 Å². The molecule has 0 saturated carbocycles. The van der Waals surface area contributed by atoms with Gasteiger partial charge in [-0.1, -0.05) is 11.6 Å². The summed E-state index contributed by atoms with van der Waals surface area (Å²) in [6.45, 7) is 2.34. The molecular formula is C13H17ClF3N3O. The summed E-state index contributed by atoms with van der Waals surface area (Å²) in [5.74, 6) is 0.372. The predicted octanol–water partition coefficient (Wildman–Crippen LogP) is 2.52. The number of nitrogens with zero attached hydrogens (tertiary/aromatic N) is 3. The van der Waals surface area contributed by atoms with E-state index in [1.807, 2.05) is 23.9 Å². The summed E-state index contributed by atoms with van der Waals surface area (Å²) in [6, 6.07) is 0.917. The Labute approximate surface area is 126 Å². The minimum atomic E-state index is -4.44. The zero-order valence-electron chi connectivity index (χ0n) is 11.8. The molecule has 1 aliphatic rings. The third-order valence-corrected chi connectivity index (χ3v) is 3.43. The Hall–Kier alpha value is -1.05. The lowest BCUT2D eigenvalue weighted by Crippen LogP contribution is -2.46. The molecule has 1 atom stereocenters. The molecule has 118 valence electrons. The molecule has 0 unspecified atom stereocenters. The minimum absolute atomic E-state index is 0.00956. The fraction of sp³-hybridized carbons (Fsp3) is 0.615. The maximum Gasteiger partial charge on any atom is 0.417 e. The van der Waals surface area contributed by atoms with Crippen molar-refractivity contribution in [1.29, 1.82) is 0 Å². The Morgan fingerprint density at radius 3 is 2.76 bits per heavy atom. The van der Waals surface area contributed by atoms with Crippen LogP contribution in [0.4, 0.5) is 19.0 Å². The number of likely N-dealkylation sites (N-methyl/N-ethyl adjacent to an activating group) is 1. The average molecular weight is 324 g/mol. The van der Waals surface area contributed by atoms with E-state index in [0.717, 1.165) is 18.8 Å². The van der Waals surface area contributed by atoms with Crippen LogP contribution < -0.4 is 4.90 Å². The van der Waals surface area contributed by atoms with Crippen molar-refractivity contribution >= 4 is 17.4 Å². The van der Waals surface area contributed by atoms with Crippen LogP contribution in [0.5, 0.6) is 0 Å². The van der Waals surface area contributed by atoms with Crippen LogP contribution in [0.1, 0.15) is 5.56 Å². The second kappa shape index (κ2) is 6.37. The summed E-state index contributed by atoms with van der Waals surface area (Å²) in [5, 5.41) is 0.00956. The van der Waals surface area contributed by atoms with Gasteiger partial charge in [-0.25, -0.2) is 4.98 Å². The maximum absolute atomic E-state index is 12.6. The molecule has 2 rings (SSSR count). The van der Waals surface area contributed by atoms with Gasteiger partial charge in [-0.3, -0.25) is 0 Å². The molecular weight excluding hydrogens is 307 g/mol. The lowest BCUT2D eigenvalue weighted by Gasteiger charge is -2.35. The predicted molar refractivity (Wildman–Crippen MR) is 74.8 cm³/mol. The molecule has 1 saturated heterocycles. The van der Waals surface area contributed by atoms with Gasteiger partial charge in [0.25, 0.3) is 0 Å². The van der Waals surface area contributed by atoms with Crippen LogP contribution in [0.25, 0.3) is 0 Å². The zero-order valence-corrected chi connectivity index (χ0v) is 12.6. The number of anilines is 1. The highest BCUT2D eigenvalue weighted by molar-refractivity contribution is 6.33. The highest BCUT2D eigenvalue weighted by Gasteiger charge is 2.32. The SMILES string of the molecule is CN(C)C[C@H]1CN(c2ncc(C(F)(F)F)cc2Cl)CCO1. The van der Waals surface area contributed by atoms with E-state index in [0.29, 0.717) is 25.5 Å². The average Bonchev–Trinajstić information content (AvgIpc) is 2.37. The first-order valence-electron chi connectivity index (χ1n) is 6.51. The number of morpholine rings is 1. The van der Waals surface area contributed by atoms with Gasteiger partial charge in [-0.05, 0) is 20.2 Å². The number of ether oxygens (including phenoxy) is 1. The topological polar surface area (TPSA) is 28.6 Å². The van der Waals surface area contributed by atoms with Gasteiger partial charge in [0.1, 0.15) is 5.82 Å². The van der Waals surface area contributed by atoms with Gasteiger partial charge < -0.3 is 14.5 Å². The molecule has 0 bridgehead atoms. The molecule has 1 aromatic heterocycles. The standard InChI is InChI=1S/C13H17ClF3N3O/c1-19(2)7-10-8-20(3-4-21-10)12-11(14)5-9(6-18-12)13(15,16)17/h5-6,10H,3-4,7-8H2,1-2H3/t10-/m0/s1. The van der Waals surface area contributed by atoms with Crippen LogP contribution >= 0.6 is 11.6 Å². The van der Waals surface area contributed by atoms with Crippen LogP contribution in [0.15, 0.2) is 12.3 Å². The smallest absolute Gasteiger partial charge is 0.373 e. The summed E-state index contributed by atoms with van der Waals surface area (Å²) in [6.07, 6.45) is -3.64. The summed E-state index contributed by atoms with van der Waals surface area (Å²) in [5.41, 5.74) is -0.839. The number of pyridine rings is 1. The normalized spacial score (nSPS) is 20.1. The molecule has 1 fully saturated rings. The molecule has 8 heteroatoms. The molecule has 1 aromatic rings. The Morgan fingerprint density at radius 1 is 1.48 bits per heavy atom. The van der Waals surface area contributed by atoms with Crippen molar-refractivity contribution in [2.45, 2.75) is 12.3 Å². The molecule has 0 amide bonds. The number of alkyl halides is 3. The molecule has 0 spiro atoms. The van der Waals surface area contributed by atoms with Crippen LogP contribution in [0.3, 0.4) is 0 Å². The van der Waals surface area contributed by atoms with E-state index in [1.165, 1.54) is 0 Å². The van der Waals surface area contributed by atoms with Crippen LogP contribution in [-0.4, -0.2) is 56.3 Å². The largest absolute Gasteiger partial charge is 0.417 e. The van der Waals surface area contributed by atoms with Gasteiger partial charge >= 0.3 is 6.18 Å². The Balaban J connectivity index is 2.14. The highest BCUT2D eigenvalue weighted by atomic mass is 35.5. The van der Waals surface area contributed by atoms with Gasteiger partial charge in [0.15, 0.2) is 0 Å². The Bertz CT molecular complexity index is 496. The molecule has 0 aliphatic carbocycles. The lowest BCUT2D eigenvalue weighted by atomic mass is 10.2. The van der Waals surface area contributed by atoms with Crippen LogP contribution in [0.2, 0.25) is 5.02 Å². The fourth-order valence-corrected chi connectivity index (χ4v) is 2.53. The van der Waals surface area contributed by atoms with Gasteiger partial charge in [-0.2, -0.15) is 13.2 Å². The van der Waals surface area contributed by atoms with E-state index >= 15 is 0 Å². The number of hydrogen-bond donors (Lipinski definition) is 0. The van der Waals surface area contributed by atoms with Gasteiger partial charge in [0.05, 0.1) is 23.3 Å². The van der Waals surface area contributed by atoms with E-state index in [9.17, 15) is 13.2 Å². The first kappa shape index (κ1) is 16.3. The van der Waals surface area contributed by atoms with Crippen molar-refractivity contribution < 1.29 is 17.9 Å².